The molecule has 3 nitrogen and oxygen atoms in total. The van der Waals surface area contributed by atoms with E-state index in [4.69, 9.17) is 11.6 Å². The van der Waals surface area contributed by atoms with Crippen LogP contribution in [0.1, 0.15) is 44.5 Å². The van der Waals surface area contributed by atoms with Crippen molar-refractivity contribution in [2.75, 3.05) is 5.32 Å². The maximum atomic E-state index is 6.04. The summed E-state index contributed by atoms with van der Waals surface area (Å²) in [6, 6.07) is 10.2. The zero-order valence-corrected chi connectivity index (χ0v) is 13.5. The Hall–Kier alpha value is -1.61. The van der Waals surface area contributed by atoms with E-state index in [2.05, 4.69) is 53.4 Å². The molecule has 1 N–H and O–H groups in total. The van der Waals surface area contributed by atoms with Crippen LogP contribution in [0.3, 0.4) is 0 Å². The SMILES string of the molecule is CCCCc1ccc(Nc2cc(Cl)nc(CCC)n2)cc1. The molecule has 21 heavy (non-hydrogen) atoms. The Morgan fingerprint density at radius 3 is 2.43 bits per heavy atom. The lowest BCUT2D eigenvalue weighted by Crippen LogP contribution is -2.00. The Kier molecular flexibility index (Phi) is 6.00. The number of halogens is 1. The van der Waals surface area contributed by atoms with Crippen LogP contribution in [0.15, 0.2) is 30.3 Å². The summed E-state index contributed by atoms with van der Waals surface area (Å²) in [4.78, 5) is 8.71. The Bertz CT molecular complexity index is 567. The summed E-state index contributed by atoms with van der Waals surface area (Å²) >= 11 is 6.04. The fourth-order valence-corrected chi connectivity index (χ4v) is 2.35. The van der Waals surface area contributed by atoms with E-state index in [-0.39, 0.29) is 0 Å². The molecule has 0 aliphatic heterocycles. The second-order valence-electron chi connectivity index (χ2n) is 5.17. The van der Waals surface area contributed by atoms with Gasteiger partial charge in [0.1, 0.15) is 16.8 Å². The Morgan fingerprint density at radius 1 is 1.00 bits per heavy atom. The number of hydrogen-bond acceptors (Lipinski definition) is 3. The van der Waals surface area contributed by atoms with Crippen molar-refractivity contribution in [3.8, 4) is 0 Å². The predicted octanol–water partition coefficient (Wildman–Crippen LogP) is 5.17. The van der Waals surface area contributed by atoms with Crippen molar-refractivity contribution in [1.29, 1.82) is 0 Å². The molecule has 0 atom stereocenters. The van der Waals surface area contributed by atoms with Crippen LogP contribution in [0.2, 0.25) is 5.15 Å². The zero-order valence-electron chi connectivity index (χ0n) is 12.7. The molecular formula is C17H22ClN3. The average molecular weight is 304 g/mol. The highest BCUT2D eigenvalue weighted by Crippen LogP contribution is 2.19. The highest BCUT2D eigenvalue weighted by molar-refractivity contribution is 6.29. The number of rotatable bonds is 7. The van der Waals surface area contributed by atoms with E-state index in [0.717, 1.165) is 36.6 Å². The molecular weight excluding hydrogens is 282 g/mol. The summed E-state index contributed by atoms with van der Waals surface area (Å²) < 4.78 is 0. The standard InChI is InChI=1S/C17H22ClN3/c1-3-5-7-13-8-10-14(11-9-13)19-17-12-15(18)20-16(21-17)6-4-2/h8-12H,3-7H2,1-2H3,(H,19,20,21). The van der Waals surface area contributed by atoms with Crippen LogP contribution in [0, 0.1) is 0 Å². The summed E-state index contributed by atoms with van der Waals surface area (Å²) in [6.45, 7) is 4.31. The highest BCUT2D eigenvalue weighted by Gasteiger charge is 2.03. The summed E-state index contributed by atoms with van der Waals surface area (Å²) in [5.74, 6) is 1.53. The lowest BCUT2D eigenvalue weighted by atomic mass is 10.1. The molecule has 0 aliphatic carbocycles. The minimum atomic E-state index is 0.482. The molecule has 0 saturated carbocycles. The largest absolute Gasteiger partial charge is 0.340 e. The molecule has 0 spiro atoms. The lowest BCUT2D eigenvalue weighted by Gasteiger charge is -2.08. The zero-order chi connectivity index (χ0) is 15.1. The molecule has 0 saturated heterocycles. The maximum absolute atomic E-state index is 6.04. The molecule has 0 unspecified atom stereocenters. The van der Waals surface area contributed by atoms with Crippen LogP contribution in [0.5, 0.6) is 0 Å². The third-order valence-electron chi connectivity index (χ3n) is 3.26. The fraction of sp³-hybridized carbons (Fsp3) is 0.412. The first-order valence-corrected chi connectivity index (χ1v) is 7.98. The number of nitrogens with one attached hydrogen (secondary N) is 1. The summed E-state index contributed by atoms with van der Waals surface area (Å²) in [6.07, 6.45) is 5.43. The van der Waals surface area contributed by atoms with Crippen molar-refractivity contribution >= 4 is 23.1 Å². The first kappa shape index (κ1) is 15.8. The molecule has 1 heterocycles. The van der Waals surface area contributed by atoms with Crippen LogP contribution in [-0.4, -0.2) is 9.97 Å². The van der Waals surface area contributed by atoms with Crippen molar-refractivity contribution < 1.29 is 0 Å². The van der Waals surface area contributed by atoms with Gasteiger partial charge in [0, 0.05) is 18.2 Å². The predicted molar refractivity (Wildman–Crippen MR) is 89.4 cm³/mol. The molecule has 2 aromatic rings. The first-order chi connectivity index (χ1) is 10.2. The van der Waals surface area contributed by atoms with E-state index >= 15 is 0 Å². The Labute approximate surface area is 131 Å². The number of unbranched alkanes of at least 4 members (excludes halogenated alkanes) is 1. The highest BCUT2D eigenvalue weighted by atomic mass is 35.5. The molecule has 2 rings (SSSR count). The smallest absolute Gasteiger partial charge is 0.135 e. The molecule has 1 aromatic heterocycles. The van der Waals surface area contributed by atoms with Crippen LogP contribution in [0.25, 0.3) is 0 Å². The van der Waals surface area contributed by atoms with Crippen molar-refractivity contribution in [1.82, 2.24) is 9.97 Å². The minimum absolute atomic E-state index is 0.482. The van der Waals surface area contributed by atoms with E-state index < -0.39 is 0 Å². The van der Waals surface area contributed by atoms with E-state index in [9.17, 15) is 0 Å². The topological polar surface area (TPSA) is 37.8 Å². The van der Waals surface area contributed by atoms with Crippen molar-refractivity contribution in [3.63, 3.8) is 0 Å². The van der Waals surface area contributed by atoms with Gasteiger partial charge >= 0.3 is 0 Å². The van der Waals surface area contributed by atoms with Crippen molar-refractivity contribution in [2.24, 2.45) is 0 Å². The first-order valence-electron chi connectivity index (χ1n) is 7.60. The van der Waals surface area contributed by atoms with E-state index in [1.165, 1.54) is 18.4 Å². The molecule has 0 bridgehead atoms. The molecule has 0 fully saturated rings. The van der Waals surface area contributed by atoms with Gasteiger partial charge in [0.2, 0.25) is 0 Å². The van der Waals surface area contributed by atoms with E-state index in [1.54, 1.807) is 6.07 Å². The van der Waals surface area contributed by atoms with Crippen LogP contribution < -0.4 is 5.32 Å². The van der Waals surface area contributed by atoms with Crippen LogP contribution in [-0.2, 0) is 12.8 Å². The van der Waals surface area contributed by atoms with Crippen molar-refractivity contribution in [2.45, 2.75) is 46.0 Å². The summed E-state index contributed by atoms with van der Waals surface area (Å²) in [7, 11) is 0. The number of nitrogens with zero attached hydrogens (tertiary/aromatic N) is 2. The van der Waals surface area contributed by atoms with Gasteiger partial charge in [-0.2, -0.15) is 0 Å². The summed E-state index contributed by atoms with van der Waals surface area (Å²) in [5.41, 5.74) is 2.39. The van der Waals surface area contributed by atoms with E-state index in [0.29, 0.717) is 5.15 Å². The molecule has 112 valence electrons. The van der Waals surface area contributed by atoms with Gasteiger partial charge in [-0.25, -0.2) is 9.97 Å². The molecule has 0 amide bonds. The van der Waals surface area contributed by atoms with Gasteiger partial charge in [-0.05, 0) is 37.0 Å². The van der Waals surface area contributed by atoms with Crippen LogP contribution >= 0.6 is 11.6 Å². The third-order valence-corrected chi connectivity index (χ3v) is 3.45. The quantitative estimate of drug-likeness (QED) is 0.717. The Balaban J connectivity index is 2.07. The van der Waals surface area contributed by atoms with Gasteiger partial charge < -0.3 is 5.32 Å². The molecule has 4 heteroatoms. The Morgan fingerprint density at radius 2 is 1.76 bits per heavy atom. The van der Waals surface area contributed by atoms with Gasteiger partial charge in [-0.3, -0.25) is 0 Å². The minimum Gasteiger partial charge on any atom is -0.340 e. The fourth-order valence-electron chi connectivity index (χ4n) is 2.15. The number of aryl methyl sites for hydroxylation is 2. The van der Waals surface area contributed by atoms with Gasteiger partial charge in [0.25, 0.3) is 0 Å². The molecule has 0 radical (unpaired) electrons. The summed E-state index contributed by atoms with van der Waals surface area (Å²) in [5, 5.41) is 3.77. The third kappa shape index (κ3) is 5.01. The van der Waals surface area contributed by atoms with Gasteiger partial charge in [-0.15, -0.1) is 0 Å². The lowest BCUT2D eigenvalue weighted by molar-refractivity contribution is 0.795. The normalized spacial score (nSPS) is 10.6. The molecule has 1 aromatic carbocycles. The second kappa shape index (κ2) is 7.99. The molecule has 0 aliphatic rings. The van der Waals surface area contributed by atoms with Gasteiger partial charge in [0.05, 0.1) is 0 Å². The second-order valence-corrected chi connectivity index (χ2v) is 5.55. The number of aromatic nitrogens is 2. The number of benzene rings is 1. The van der Waals surface area contributed by atoms with Crippen molar-refractivity contribution in [3.05, 3.63) is 46.9 Å². The number of anilines is 2. The van der Waals surface area contributed by atoms with Gasteiger partial charge in [-0.1, -0.05) is 44.0 Å². The number of hydrogen-bond donors (Lipinski definition) is 1. The maximum Gasteiger partial charge on any atom is 0.135 e. The monoisotopic (exact) mass is 303 g/mol. The van der Waals surface area contributed by atoms with Gasteiger partial charge in [0.15, 0.2) is 0 Å². The van der Waals surface area contributed by atoms with Crippen LogP contribution in [0.4, 0.5) is 11.5 Å². The van der Waals surface area contributed by atoms with E-state index in [1.807, 2.05) is 0 Å². The average Bonchev–Trinajstić information content (AvgIpc) is 2.46.